The highest BCUT2D eigenvalue weighted by atomic mass is 32.3. The van der Waals surface area contributed by atoms with Crippen molar-refractivity contribution in [1.29, 1.82) is 5.26 Å². The Labute approximate surface area is 231 Å². The number of hydrogen-bond acceptors (Lipinski definition) is 5. The van der Waals surface area contributed by atoms with Gasteiger partial charge in [-0.05, 0) is 78.8 Å². The first-order valence-corrected chi connectivity index (χ1v) is 14.9. The third-order valence-corrected chi connectivity index (χ3v) is 8.32. The topological polar surface area (TPSA) is 105 Å². The average Bonchev–Trinajstić information content (AvgIpc) is 3.59. The normalized spacial score (nSPS) is 14.3. The molecule has 3 aromatic carbocycles. The number of nitrogens with one attached hydrogen (secondary N) is 1. The lowest BCUT2D eigenvalue weighted by Gasteiger charge is -2.21. The van der Waals surface area contributed by atoms with Crippen LogP contribution in [0.25, 0.3) is 44.0 Å². The molecule has 0 spiro atoms. The first-order valence-electron chi connectivity index (χ1n) is 13.6. The number of aromatic nitrogens is 2. The fraction of sp³-hybridized carbons (Fsp3) is 0.290. The molecule has 2 aromatic heterocycles. The molecular formula is C31H28FN3O4S. The fourth-order valence-electron chi connectivity index (χ4n) is 6.15. The number of fused-ring (bicyclic) bond motifs is 4. The predicted molar refractivity (Wildman–Crippen MR) is 154 cm³/mol. The molecule has 0 aliphatic heterocycles. The van der Waals surface area contributed by atoms with Crippen LogP contribution < -0.4 is 9.61 Å². The number of nitriles is 1. The SMILES string of the molecule is CCCCc1cc2c(=O)c3c4ccc(C#N)cc4[nH]c3n(C3CCCC3)c2cc1-c1cccc(OS(=O)(=O)F)c1. The highest BCUT2D eigenvalue weighted by molar-refractivity contribution is 7.81. The highest BCUT2D eigenvalue weighted by Crippen LogP contribution is 2.39. The Hall–Kier alpha value is -4.16. The predicted octanol–water partition coefficient (Wildman–Crippen LogP) is 7.23. The zero-order chi connectivity index (χ0) is 28.0. The highest BCUT2D eigenvalue weighted by Gasteiger charge is 2.25. The number of hydrogen-bond donors (Lipinski definition) is 1. The molecule has 7 nitrogen and oxygen atoms in total. The van der Waals surface area contributed by atoms with E-state index in [0.717, 1.165) is 71.7 Å². The van der Waals surface area contributed by atoms with E-state index in [-0.39, 0.29) is 17.2 Å². The Morgan fingerprint density at radius 3 is 2.62 bits per heavy atom. The molecule has 0 unspecified atom stereocenters. The first kappa shape index (κ1) is 26.1. The van der Waals surface area contributed by atoms with Gasteiger partial charge in [0, 0.05) is 22.3 Å². The molecule has 40 heavy (non-hydrogen) atoms. The second-order valence-corrected chi connectivity index (χ2v) is 11.4. The van der Waals surface area contributed by atoms with Crippen molar-refractivity contribution in [3.8, 4) is 22.9 Å². The molecule has 0 atom stereocenters. The molecule has 0 saturated heterocycles. The van der Waals surface area contributed by atoms with Crippen molar-refractivity contribution in [3.05, 3.63) is 75.9 Å². The van der Waals surface area contributed by atoms with Crippen molar-refractivity contribution in [2.45, 2.75) is 57.9 Å². The van der Waals surface area contributed by atoms with Crippen molar-refractivity contribution in [1.82, 2.24) is 9.55 Å². The average molecular weight is 558 g/mol. The zero-order valence-corrected chi connectivity index (χ0v) is 22.9. The van der Waals surface area contributed by atoms with E-state index in [1.54, 1.807) is 18.2 Å². The number of nitrogens with zero attached hydrogens (tertiary/aromatic N) is 2. The van der Waals surface area contributed by atoms with E-state index in [1.807, 2.05) is 24.3 Å². The molecule has 0 bridgehead atoms. The molecule has 1 saturated carbocycles. The molecule has 1 fully saturated rings. The lowest BCUT2D eigenvalue weighted by Crippen LogP contribution is -2.15. The van der Waals surface area contributed by atoms with E-state index >= 15 is 0 Å². The summed E-state index contributed by atoms with van der Waals surface area (Å²) < 4.78 is 42.4. The quantitative estimate of drug-likeness (QED) is 0.213. The Bertz CT molecular complexity index is 2000. The van der Waals surface area contributed by atoms with Crippen LogP contribution in [0.3, 0.4) is 0 Å². The molecule has 2 heterocycles. The minimum absolute atomic E-state index is 0.0693. The van der Waals surface area contributed by atoms with Crippen LogP contribution in [-0.2, 0) is 16.9 Å². The summed E-state index contributed by atoms with van der Waals surface area (Å²) >= 11 is 0. The summed E-state index contributed by atoms with van der Waals surface area (Å²) in [4.78, 5) is 17.6. The fourth-order valence-corrected chi connectivity index (χ4v) is 6.48. The summed E-state index contributed by atoms with van der Waals surface area (Å²) in [5, 5.41) is 11.5. The van der Waals surface area contributed by atoms with Crippen LogP contribution in [0.5, 0.6) is 5.75 Å². The van der Waals surface area contributed by atoms with Gasteiger partial charge in [-0.3, -0.25) is 4.79 Å². The van der Waals surface area contributed by atoms with E-state index in [9.17, 15) is 22.4 Å². The standard InChI is InChI=1S/C31H28FN3O4S/c1-2-3-7-21-16-26-28(17-25(21)20-8-6-11-23(15-20)39-40(32,37)38)35(22-9-4-5-10-22)31-29(30(26)36)24-13-12-19(18-33)14-27(24)34-31/h6,8,11-17,22,34H,2-5,7,9-10H2,1H3. The van der Waals surface area contributed by atoms with Gasteiger partial charge in [0.1, 0.15) is 11.4 Å². The van der Waals surface area contributed by atoms with E-state index in [1.165, 1.54) is 12.1 Å². The summed E-state index contributed by atoms with van der Waals surface area (Å²) in [5.74, 6) is -0.117. The smallest absolute Gasteiger partial charge is 0.358 e. The molecular weight excluding hydrogens is 529 g/mol. The van der Waals surface area contributed by atoms with Gasteiger partial charge >= 0.3 is 10.5 Å². The Balaban J connectivity index is 1.69. The number of benzene rings is 3. The maximum Gasteiger partial charge on any atom is 0.488 e. The van der Waals surface area contributed by atoms with Gasteiger partial charge in [-0.25, -0.2) is 0 Å². The lowest BCUT2D eigenvalue weighted by molar-refractivity contribution is 0.440. The van der Waals surface area contributed by atoms with E-state index in [0.29, 0.717) is 28.3 Å². The maximum atomic E-state index is 14.1. The first-order chi connectivity index (χ1) is 19.3. The molecule has 0 radical (unpaired) electrons. The number of aromatic amines is 1. The summed E-state index contributed by atoms with van der Waals surface area (Å²) in [6, 6.07) is 18.1. The van der Waals surface area contributed by atoms with Crippen LogP contribution in [0.2, 0.25) is 0 Å². The molecule has 5 aromatic rings. The Kier molecular flexibility index (Phi) is 6.59. The van der Waals surface area contributed by atoms with Crippen molar-refractivity contribution in [2.24, 2.45) is 0 Å². The van der Waals surface area contributed by atoms with Gasteiger partial charge in [0.2, 0.25) is 0 Å². The summed E-state index contributed by atoms with van der Waals surface area (Å²) in [6.45, 7) is 2.10. The molecule has 1 aliphatic rings. The number of pyridine rings is 1. The summed E-state index contributed by atoms with van der Waals surface area (Å²) in [6.07, 6.45) is 6.72. The van der Waals surface area contributed by atoms with Crippen LogP contribution in [0, 0.1) is 11.3 Å². The Morgan fingerprint density at radius 1 is 1.10 bits per heavy atom. The third-order valence-electron chi connectivity index (χ3n) is 7.93. The van der Waals surface area contributed by atoms with Crippen LogP contribution in [0.4, 0.5) is 3.89 Å². The molecule has 1 N–H and O–H groups in total. The van der Waals surface area contributed by atoms with E-state index in [4.69, 9.17) is 0 Å². The van der Waals surface area contributed by atoms with Gasteiger partial charge in [-0.1, -0.05) is 48.3 Å². The van der Waals surface area contributed by atoms with Gasteiger partial charge in [-0.2, -0.15) is 13.7 Å². The van der Waals surface area contributed by atoms with Gasteiger partial charge in [0.25, 0.3) is 0 Å². The number of halogens is 1. The van der Waals surface area contributed by atoms with Crippen LogP contribution in [0.1, 0.15) is 62.6 Å². The number of rotatable bonds is 7. The van der Waals surface area contributed by atoms with Gasteiger partial charge in [-0.15, -0.1) is 0 Å². The van der Waals surface area contributed by atoms with Crippen LogP contribution in [-0.4, -0.2) is 18.0 Å². The second-order valence-electron chi connectivity index (χ2n) is 10.5. The van der Waals surface area contributed by atoms with Crippen molar-refractivity contribution >= 4 is 43.3 Å². The van der Waals surface area contributed by atoms with E-state index in [2.05, 4.69) is 26.7 Å². The maximum absolute atomic E-state index is 14.1. The Morgan fingerprint density at radius 2 is 1.90 bits per heavy atom. The molecule has 0 amide bonds. The van der Waals surface area contributed by atoms with Crippen LogP contribution >= 0.6 is 0 Å². The van der Waals surface area contributed by atoms with Gasteiger partial charge in [0.15, 0.2) is 5.43 Å². The van der Waals surface area contributed by atoms with Crippen molar-refractivity contribution in [3.63, 3.8) is 0 Å². The minimum atomic E-state index is -5.17. The summed E-state index contributed by atoms with van der Waals surface area (Å²) in [5.41, 5.74) is 5.20. The third kappa shape index (κ3) is 4.62. The number of unbranched alkanes of at least 4 members (excludes halogenated alkanes) is 1. The minimum Gasteiger partial charge on any atom is -0.358 e. The molecule has 9 heteroatoms. The molecule has 204 valence electrons. The zero-order valence-electron chi connectivity index (χ0n) is 22.0. The monoisotopic (exact) mass is 557 g/mol. The van der Waals surface area contributed by atoms with Crippen LogP contribution in [0.15, 0.2) is 59.4 Å². The molecule has 6 rings (SSSR count). The van der Waals surface area contributed by atoms with Gasteiger partial charge in [0.05, 0.1) is 22.5 Å². The molecule has 1 aliphatic carbocycles. The number of aryl methyl sites for hydroxylation is 1. The van der Waals surface area contributed by atoms with Crippen molar-refractivity contribution in [2.75, 3.05) is 0 Å². The van der Waals surface area contributed by atoms with Crippen molar-refractivity contribution < 1.29 is 16.5 Å². The largest absolute Gasteiger partial charge is 0.488 e. The second kappa shape index (κ2) is 10.1. The van der Waals surface area contributed by atoms with E-state index < -0.39 is 10.5 Å². The number of H-pyrrole nitrogens is 1. The van der Waals surface area contributed by atoms with Gasteiger partial charge < -0.3 is 13.7 Å². The summed E-state index contributed by atoms with van der Waals surface area (Å²) in [7, 11) is -5.17. The lowest BCUT2D eigenvalue weighted by atomic mass is 9.93.